The summed E-state index contributed by atoms with van der Waals surface area (Å²) >= 11 is 6.00. The highest BCUT2D eigenvalue weighted by molar-refractivity contribution is 6.32. The van der Waals surface area contributed by atoms with E-state index < -0.39 is 0 Å². The molecular weight excluding hydrogens is 268 g/mol. The van der Waals surface area contributed by atoms with Crippen molar-refractivity contribution in [2.75, 3.05) is 19.5 Å². The zero-order chi connectivity index (χ0) is 13.7. The van der Waals surface area contributed by atoms with Gasteiger partial charge in [0.1, 0.15) is 5.02 Å². The van der Waals surface area contributed by atoms with Gasteiger partial charge < -0.3 is 14.8 Å². The summed E-state index contributed by atoms with van der Waals surface area (Å²) in [7, 11) is 3.07. The smallest absolute Gasteiger partial charge is 0.318 e. The minimum Gasteiger partial charge on any atom is -0.481 e. The fourth-order valence-electron chi connectivity index (χ4n) is 1.49. The first kappa shape index (κ1) is 13.4. The van der Waals surface area contributed by atoms with Crippen molar-refractivity contribution in [3.63, 3.8) is 0 Å². The van der Waals surface area contributed by atoms with Crippen LogP contribution in [-0.2, 0) is 6.54 Å². The van der Waals surface area contributed by atoms with Crippen molar-refractivity contribution in [1.29, 1.82) is 0 Å². The molecule has 6 nitrogen and oxygen atoms in total. The van der Waals surface area contributed by atoms with Gasteiger partial charge in [0.25, 0.3) is 0 Å². The second-order valence-corrected chi connectivity index (χ2v) is 3.99. The number of ether oxygens (including phenoxy) is 2. The average Bonchev–Trinajstić information content (AvgIpc) is 2.46. The summed E-state index contributed by atoms with van der Waals surface area (Å²) in [6.45, 7) is 0.483. The van der Waals surface area contributed by atoms with E-state index in [9.17, 15) is 0 Å². The first-order valence-corrected chi connectivity index (χ1v) is 5.90. The number of halogens is 1. The first-order chi connectivity index (χ1) is 9.24. The number of pyridine rings is 1. The maximum absolute atomic E-state index is 6.00. The fourth-order valence-corrected chi connectivity index (χ4v) is 1.65. The molecule has 0 atom stereocenters. The number of nitrogens with zero attached hydrogens (tertiary/aromatic N) is 3. The third-order valence-corrected chi connectivity index (χ3v) is 2.67. The van der Waals surface area contributed by atoms with Gasteiger partial charge in [0.15, 0.2) is 5.82 Å². The van der Waals surface area contributed by atoms with Crippen LogP contribution in [0, 0.1) is 0 Å². The Morgan fingerprint density at radius 3 is 2.84 bits per heavy atom. The van der Waals surface area contributed by atoms with E-state index in [0.717, 1.165) is 5.56 Å². The summed E-state index contributed by atoms with van der Waals surface area (Å²) in [4.78, 5) is 12.1. The SMILES string of the molecule is COc1ncc(Cl)c(NCc2cccnc2OC)n1. The van der Waals surface area contributed by atoms with E-state index in [1.165, 1.54) is 13.3 Å². The minimum atomic E-state index is 0.255. The van der Waals surface area contributed by atoms with Crippen LogP contribution in [0.1, 0.15) is 5.56 Å². The predicted octanol–water partition coefficient (Wildman–Crippen LogP) is 2.15. The first-order valence-electron chi connectivity index (χ1n) is 5.53. The maximum Gasteiger partial charge on any atom is 0.318 e. The molecule has 0 saturated heterocycles. The van der Waals surface area contributed by atoms with Crippen LogP contribution in [0.25, 0.3) is 0 Å². The van der Waals surface area contributed by atoms with E-state index in [2.05, 4.69) is 20.3 Å². The van der Waals surface area contributed by atoms with Crippen molar-refractivity contribution in [2.45, 2.75) is 6.54 Å². The molecule has 2 aromatic heterocycles. The molecule has 0 aliphatic heterocycles. The standard InChI is InChI=1S/C12H13ClN4O2/c1-18-11-8(4-3-5-14-11)6-15-10-9(13)7-16-12(17-10)19-2/h3-5,7H,6H2,1-2H3,(H,15,16,17). The van der Waals surface area contributed by atoms with Crippen molar-refractivity contribution in [3.8, 4) is 11.9 Å². The third-order valence-electron chi connectivity index (χ3n) is 2.39. The normalized spacial score (nSPS) is 10.1. The van der Waals surface area contributed by atoms with Crippen molar-refractivity contribution in [2.24, 2.45) is 0 Å². The molecule has 1 N–H and O–H groups in total. The summed E-state index contributed by atoms with van der Waals surface area (Å²) in [6.07, 6.45) is 3.15. The van der Waals surface area contributed by atoms with Crippen molar-refractivity contribution in [3.05, 3.63) is 35.1 Å². The fraction of sp³-hybridized carbons (Fsp3) is 0.250. The topological polar surface area (TPSA) is 69.2 Å². The molecule has 7 heteroatoms. The van der Waals surface area contributed by atoms with Gasteiger partial charge in [-0.05, 0) is 6.07 Å². The van der Waals surface area contributed by atoms with Crippen LogP contribution < -0.4 is 14.8 Å². The molecule has 0 saturated carbocycles. The van der Waals surface area contributed by atoms with Crippen LogP contribution in [0.15, 0.2) is 24.5 Å². The van der Waals surface area contributed by atoms with Crippen LogP contribution in [0.5, 0.6) is 11.9 Å². The van der Waals surface area contributed by atoms with Crippen LogP contribution in [0.2, 0.25) is 5.02 Å². The Hall–Kier alpha value is -2.08. The zero-order valence-electron chi connectivity index (χ0n) is 10.6. The molecule has 0 unspecified atom stereocenters. The van der Waals surface area contributed by atoms with Gasteiger partial charge in [0.2, 0.25) is 5.88 Å². The highest BCUT2D eigenvalue weighted by Crippen LogP contribution is 2.22. The number of aromatic nitrogens is 3. The third kappa shape index (κ3) is 3.23. The Morgan fingerprint density at radius 2 is 2.11 bits per heavy atom. The number of hydrogen-bond donors (Lipinski definition) is 1. The minimum absolute atomic E-state index is 0.255. The quantitative estimate of drug-likeness (QED) is 0.905. The van der Waals surface area contributed by atoms with Crippen LogP contribution >= 0.6 is 11.6 Å². The van der Waals surface area contributed by atoms with E-state index >= 15 is 0 Å². The molecule has 2 aromatic rings. The summed E-state index contributed by atoms with van der Waals surface area (Å²) in [5.74, 6) is 1.06. The number of rotatable bonds is 5. The summed E-state index contributed by atoms with van der Waals surface area (Å²) in [5.41, 5.74) is 0.902. The molecule has 0 aliphatic carbocycles. The zero-order valence-corrected chi connectivity index (χ0v) is 11.3. The van der Waals surface area contributed by atoms with E-state index in [1.807, 2.05) is 12.1 Å². The second-order valence-electron chi connectivity index (χ2n) is 3.58. The highest BCUT2D eigenvalue weighted by Gasteiger charge is 2.07. The molecule has 2 rings (SSSR count). The van der Waals surface area contributed by atoms with Gasteiger partial charge in [-0.15, -0.1) is 0 Å². The molecule has 19 heavy (non-hydrogen) atoms. The molecule has 0 radical (unpaired) electrons. The Kier molecular flexibility index (Phi) is 4.35. The molecule has 2 heterocycles. The average molecular weight is 281 g/mol. The lowest BCUT2D eigenvalue weighted by atomic mass is 10.2. The Balaban J connectivity index is 2.14. The Labute approximate surface area is 115 Å². The van der Waals surface area contributed by atoms with Crippen molar-refractivity contribution >= 4 is 17.4 Å². The van der Waals surface area contributed by atoms with E-state index in [4.69, 9.17) is 21.1 Å². The van der Waals surface area contributed by atoms with E-state index in [0.29, 0.717) is 23.3 Å². The molecule has 0 aromatic carbocycles. The van der Waals surface area contributed by atoms with E-state index in [-0.39, 0.29) is 6.01 Å². The number of anilines is 1. The number of methoxy groups -OCH3 is 2. The van der Waals surface area contributed by atoms with Crippen molar-refractivity contribution in [1.82, 2.24) is 15.0 Å². The molecule has 0 bridgehead atoms. The van der Waals surface area contributed by atoms with Crippen molar-refractivity contribution < 1.29 is 9.47 Å². The molecule has 0 spiro atoms. The lowest BCUT2D eigenvalue weighted by Crippen LogP contribution is -2.05. The second kappa shape index (κ2) is 6.19. The number of hydrogen-bond acceptors (Lipinski definition) is 6. The maximum atomic E-state index is 6.00. The predicted molar refractivity (Wildman–Crippen MR) is 71.7 cm³/mol. The van der Waals surface area contributed by atoms with Gasteiger partial charge in [-0.2, -0.15) is 4.98 Å². The van der Waals surface area contributed by atoms with Crippen LogP contribution in [0.3, 0.4) is 0 Å². The largest absolute Gasteiger partial charge is 0.481 e. The summed E-state index contributed by atoms with van der Waals surface area (Å²) in [5, 5.41) is 3.52. The van der Waals surface area contributed by atoms with Gasteiger partial charge in [-0.3, -0.25) is 0 Å². The molecule has 0 fully saturated rings. The van der Waals surface area contributed by atoms with Crippen LogP contribution in [0.4, 0.5) is 5.82 Å². The monoisotopic (exact) mass is 280 g/mol. The summed E-state index contributed by atoms with van der Waals surface area (Å²) in [6, 6.07) is 4.00. The molecule has 100 valence electrons. The lowest BCUT2D eigenvalue weighted by Gasteiger charge is -2.10. The summed E-state index contributed by atoms with van der Waals surface area (Å²) < 4.78 is 10.1. The van der Waals surface area contributed by atoms with Gasteiger partial charge in [-0.25, -0.2) is 9.97 Å². The highest BCUT2D eigenvalue weighted by atomic mass is 35.5. The molecule has 0 amide bonds. The van der Waals surface area contributed by atoms with Gasteiger partial charge in [0, 0.05) is 18.3 Å². The Morgan fingerprint density at radius 1 is 1.26 bits per heavy atom. The van der Waals surface area contributed by atoms with Crippen LogP contribution in [-0.4, -0.2) is 29.2 Å². The number of nitrogens with one attached hydrogen (secondary N) is 1. The lowest BCUT2D eigenvalue weighted by molar-refractivity contribution is 0.380. The van der Waals surface area contributed by atoms with Gasteiger partial charge in [0.05, 0.1) is 20.4 Å². The van der Waals surface area contributed by atoms with Gasteiger partial charge in [-0.1, -0.05) is 17.7 Å². The van der Waals surface area contributed by atoms with E-state index in [1.54, 1.807) is 13.3 Å². The Bertz CT molecular complexity index is 565. The molecular formula is C12H13ClN4O2. The molecule has 0 aliphatic rings. The van der Waals surface area contributed by atoms with Gasteiger partial charge >= 0.3 is 6.01 Å².